The second-order valence-corrected chi connectivity index (χ2v) is 4.31. The van der Waals surface area contributed by atoms with Crippen LogP contribution in [0.3, 0.4) is 0 Å². The summed E-state index contributed by atoms with van der Waals surface area (Å²) in [5, 5.41) is 0. The number of hydrogen-bond acceptors (Lipinski definition) is 3. The zero-order valence-corrected chi connectivity index (χ0v) is 10.6. The number of benzene rings is 1. The second kappa shape index (κ2) is 7.25. The molecule has 0 fully saturated rings. The van der Waals surface area contributed by atoms with Gasteiger partial charge in [-0.05, 0) is 51.2 Å². The van der Waals surface area contributed by atoms with E-state index >= 15 is 0 Å². The van der Waals surface area contributed by atoms with Crippen LogP contribution in [-0.2, 0) is 6.42 Å². The van der Waals surface area contributed by atoms with E-state index in [1.807, 2.05) is 20.2 Å². The maximum Gasteiger partial charge on any atom is 0.165 e. The van der Waals surface area contributed by atoms with E-state index in [0.717, 1.165) is 18.5 Å². The van der Waals surface area contributed by atoms with Crippen molar-refractivity contribution in [2.24, 2.45) is 5.73 Å². The van der Waals surface area contributed by atoms with E-state index in [2.05, 4.69) is 4.90 Å². The van der Waals surface area contributed by atoms with E-state index in [1.165, 1.54) is 6.07 Å². The summed E-state index contributed by atoms with van der Waals surface area (Å²) in [7, 11) is 4.00. The first kappa shape index (κ1) is 13.9. The molecule has 0 heterocycles. The monoisotopic (exact) mass is 240 g/mol. The molecule has 0 saturated heterocycles. The molecule has 1 aromatic carbocycles. The summed E-state index contributed by atoms with van der Waals surface area (Å²) in [6, 6.07) is 5.03. The molecule has 96 valence electrons. The average molecular weight is 240 g/mol. The van der Waals surface area contributed by atoms with Crippen molar-refractivity contribution in [1.82, 2.24) is 4.90 Å². The third kappa shape index (κ3) is 5.15. The van der Waals surface area contributed by atoms with Gasteiger partial charge in [0.05, 0.1) is 6.61 Å². The van der Waals surface area contributed by atoms with Crippen LogP contribution < -0.4 is 10.5 Å². The lowest BCUT2D eigenvalue weighted by Gasteiger charge is -2.11. The minimum Gasteiger partial charge on any atom is -0.490 e. The first-order chi connectivity index (χ1) is 8.13. The molecular weight excluding hydrogens is 219 g/mol. The van der Waals surface area contributed by atoms with Gasteiger partial charge in [-0.3, -0.25) is 0 Å². The van der Waals surface area contributed by atoms with Crippen molar-refractivity contribution < 1.29 is 9.13 Å². The van der Waals surface area contributed by atoms with Gasteiger partial charge < -0.3 is 15.4 Å². The molecule has 0 aromatic heterocycles. The molecule has 2 N–H and O–H groups in total. The quantitative estimate of drug-likeness (QED) is 0.737. The minimum absolute atomic E-state index is 0.305. The highest BCUT2D eigenvalue weighted by Crippen LogP contribution is 2.18. The van der Waals surface area contributed by atoms with Crippen molar-refractivity contribution >= 4 is 0 Å². The van der Waals surface area contributed by atoms with E-state index in [1.54, 1.807) is 6.07 Å². The summed E-state index contributed by atoms with van der Waals surface area (Å²) in [6.07, 6.45) is 1.58. The molecule has 1 aromatic rings. The Balaban J connectivity index is 2.43. The van der Waals surface area contributed by atoms with Gasteiger partial charge in [-0.15, -0.1) is 0 Å². The molecule has 0 aliphatic heterocycles. The number of hydrogen-bond donors (Lipinski definition) is 1. The Kier molecular flexibility index (Phi) is 5.94. The number of halogens is 1. The van der Waals surface area contributed by atoms with Crippen LogP contribution in [0.25, 0.3) is 0 Å². The molecule has 0 atom stereocenters. The molecule has 0 unspecified atom stereocenters. The summed E-state index contributed by atoms with van der Waals surface area (Å²) in [4.78, 5) is 2.07. The van der Waals surface area contributed by atoms with Crippen LogP contribution in [0.1, 0.15) is 12.0 Å². The fourth-order valence-electron chi connectivity index (χ4n) is 1.55. The highest BCUT2D eigenvalue weighted by atomic mass is 19.1. The fourth-order valence-corrected chi connectivity index (χ4v) is 1.55. The smallest absolute Gasteiger partial charge is 0.165 e. The van der Waals surface area contributed by atoms with Crippen LogP contribution in [0.4, 0.5) is 4.39 Å². The van der Waals surface area contributed by atoms with Gasteiger partial charge in [0, 0.05) is 6.54 Å². The fraction of sp³-hybridized carbons (Fsp3) is 0.538. The van der Waals surface area contributed by atoms with E-state index < -0.39 is 0 Å². The molecule has 17 heavy (non-hydrogen) atoms. The van der Waals surface area contributed by atoms with Crippen molar-refractivity contribution in [2.45, 2.75) is 12.8 Å². The summed E-state index contributed by atoms with van der Waals surface area (Å²) in [5.74, 6) is 0.0188. The Morgan fingerprint density at radius 1 is 1.35 bits per heavy atom. The van der Waals surface area contributed by atoms with Crippen LogP contribution >= 0.6 is 0 Å². The zero-order chi connectivity index (χ0) is 12.7. The first-order valence-electron chi connectivity index (χ1n) is 5.89. The SMILES string of the molecule is CN(C)CCCOc1ccc(CCN)cc1F. The molecule has 0 saturated carbocycles. The van der Waals surface area contributed by atoms with Crippen LogP contribution in [0.15, 0.2) is 18.2 Å². The summed E-state index contributed by atoms with van der Waals surface area (Å²) in [6.45, 7) is 2.00. The van der Waals surface area contributed by atoms with Gasteiger partial charge in [-0.1, -0.05) is 6.07 Å². The number of nitrogens with two attached hydrogens (primary N) is 1. The third-order valence-electron chi connectivity index (χ3n) is 2.44. The van der Waals surface area contributed by atoms with Crippen molar-refractivity contribution in [3.8, 4) is 5.75 Å². The van der Waals surface area contributed by atoms with E-state index in [0.29, 0.717) is 25.3 Å². The van der Waals surface area contributed by atoms with Gasteiger partial charge in [0.15, 0.2) is 11.6 Å². The lowest BCUT2D eigenvalue weighted by molar-refractivity contribution is 0.271. The molecule has 0 aliphatic carbocycles. The van der Waals surface area contributed by atoms with Gasteiger partial charge in [0.1, 0.15) is 0 Å². The Labute approximate surface area is 102 Å². The highest BCUT2D eigenvalue weighted by molar-refractivity contribution is 5.29. The number of ether oxygens (including phenoxy) is 1. The molecule has 0 aliphatic rings. The van der Waals surface area contributed by atoms with E-state index in [4.69, 9.17) is 10.5 Å². The van der Waals surface area contributed by atoms with Gasteiger partial charge in [0.25, 0.3) is 0 Å². The molecule has 1 rings (SSSR count). The summed E-state index contributed by atoms with van der Waals surface area (Å²) < 4.78 is 19.0. The predicted octanol–water partition coefficient (Wildman–Crippen LogP) is 1.66. The molecule has 0 amide bonds. The lowest BCUT2D eigenvalue weighted by Crippen LogP contribution is -2.15. The Bertz CT molecular complexity index is 342. The molecule has 0 radical (unpaired) electrons. The van der Waals surface area contributed by atoms with Gasteiger partial charge in [0.2, 0.25) is 0 Å². The third-order valence-corrected chi connectivity index (χ3v) is 2.44. The topological polar surface area (TPSA) is 38.5 Å². The van der Waals surface area contributed by atoms with Crippen LogP contribution in [0.5, 0.6) is 5.75 Å². The summed E-state index contributed by atoms with van der Waals surface area (Å²) in [5.41, 5.74) is 6.32. The first-order valence-corrected chi connectivity index (χ1v) is 5.89. The number of nitrogens with zero attached hydrogens (tertiary/aromatic N) is 1. The van der Waals surface area contributed by atoms with Gasteiger partial charge in [-0.25, -0.2) is 4.39 Å². The van der Waals surface area contributed by atoms with Crippen molar-refractivity contribution in [3.05, 3.63) is 29.6 Å². The number of rotatable bonds is 7. The van der Waals surface area contributed by atoms with Crippen LogP contribution in [0.2, 0.25) is 0 Å². The molecule has 0 spiro atoms. The van der Waals surface area contributed by atoms with Crippen molar-refractivity contribution in [2.75, 3.05) is 33.8 Å². The van der Waals surface area contributed by atoms with Crippen LogP contribution in [-0.4, -0.2) is 38.7 Å². The van der Waals surface area contributed by atoms with E-state index in [9.17, 15) is 4.39 Å². The molecular formula is C13H21FN2O. The van der Waals surface area contributed by atoms with Gasteiger partial charge >= 0.3 is 0 Å². The second-order valence-electron chi connectivity index (χ2n) is 4.31. The highest BCUT2D eigenvalue weighted by Gasteiger charge is 2.04. The van der Waals surface area contributed by atoms with Crippen molar-refractivity contribution in [3.63, 3.8) is 0 Å². The average Bonchev–Trinajstić information content (AvgIpc) is 2.27. The Morgan fingerprint density at radius 3 is 2.71 bits per heavy atom. The largest absolute Gasteiger partial charge is 0.490 e. The van der Waals surface area contributed by atoms with Crippen LogP contribution in [0, 0.1) is 5.82 Å². The molecule has 0 bridgehead atoms. The normalized spacial score (nSPS) is 10.9. The zero-order valence-electron chi connectivity index (χ0n) is 10.6. The minimum atomic E-state index is -0.305. The van der Waals surface area contributed by atoms with Crippen molar-refractivity contribution in [1.29, 1.82) is 0 Å². The molecule has 4 heteroatoms. The van der Waals surface area contributed by atoms with Gasteiger partial charge in [-0.2, -0.15) is 0 Å². The Morgan fingerprint density at radius 2 is 2.12 bits per heavy atom. The predicted molar refractivity (Wildman–Crippen MR) is 67.8 cm³/mol. The van der Waals surface area contributed by atoms with E-state index in [-0.39, 0.29) is 5.82 Å². The maximum absolute atomic E-state index is 13.6. The standard InChI is InChI=1S/C13H21FN2O/c1-16(2)8-3-9-17-13-5-4-11(6-7-15)10-12(13)14/h4-5,10H,3,6-9,15H2,1-2H3. The summed E-state index contributed by atoms with van der Waals surface area (Å²) >= 11 is 0. The maximum atomic E-state index is 13.6. The Hall–Kier alpha value is -1.13. The lowest BCUT2D eigenvalue weighted by atomic mass is 10.1. The molecule has 3 nitrogen and oxygen atoms in total.